The maximum atomic E-state index is 14.4. The van der Waals surface area contributed by atoms with Crippen molar-refractivity contribution in [1.82, 2.24) is 4.90 Å². The number of amides is 2. The van der Waals surface area contributed by atoms with E-state index in [9.17, 15) is 28.3 Å². The molecule has 0 spiro atoms. The van der Waals surface area contributed by atoms with Gasteiger partial charge in [0.2, 0.25) is 0 Å². The first kappa shape index (κ1) is 21.5. The van der Waals surface area contributed by atoms with Gasteiger partial charge in [0.15, 0.2) is 0 Å². The van der Waals surface area contributed by atoms with Crippen LogP contribution in [0.1, 0.15) is 50.5 Å². The summed E-state index contributed by atoms with van der Waals surface area (Å²) in [6.07, 6.45) is 0. The van der Waals surface area contributed by atoms with E-state index < -0.39 is 46.1 Å². The zero-order valence-electron chi connectivity index (χ0n) is 15.6. The van der Waals surface area contributed by atoms with Gasteiger partial charge in [-0.1, -0.05) is 0 Å². The van der Waals surface area contributed by atoms with Crippen molar-refractivity contribution in [2.75, 3.05) is 18.4 Å². The Balaban J connectivity index is 2.55. The molecule has 2 aromatic rings. The number of aromatic carboxylic acids is 1. The van der Waals surface area contributed by atoms with Gasteiger partial charge < -0.3 is 15.3 Å². The lowest BCUT2D eigenvalue weighted by Gasteiger charge is -2.21. The second kappa shape index (κ2) is 8.93. The minimum Gasteiger partial charge on any atom is -0.478 e. The van der Waals surface area contributed by atoms with Gasteiger partial charge in [0.1, 0.15) is 11.6 Å². The Labute approximate surface area is 165 Å². The van der Waals surface area contributed by atoms with Crippen LogP contribution in [-0.4, -0.2) is 40.9 Å². The average molecular weight is 401 g/mol. The molecular weight excluding hydrogens is 384 g/mol. The van der Waals surface area contributed by atoms with Crippen LogP contribution in [0.15, 0.2) is 30.3 Å². The lowest BCUT2D eigenvalue weighted by Crippen LogP contribution is -2.33. The van der Waals surface area contributed by atoms with Crippen molar-refractivity contribution in [2.45, 2.75) is 13.8 Å². The molecule has 2 aromatic carbocycles. The molecule has 2 rings (SSSR count). The van der Waals surface area contributed by atoms with Crippen LogP contribution in [0.5, 0.6) is 0 Å². The van der Waals surface area contributed by atoms with Crippen molar-refractivity contribution in [3.05, 3.63) is 64.2 Å². The minimum absolute atomic E-state index is 0.0368. The summed E-state index contributed by atoms with van der Waals surface area (Å²) in [5.74, 6) is -5.70. The Hall–Kier alpha value is -3.80. The predicted octanol–water partition coefficient (Wildman–Crippen LogP) is 3.27. The van der Waals surface area contributed by atoms with Crippen LogP contribution in [0.2, 0.25) is 0 Å². The molecule has 0 saturated heterocycles. The fourth-order valence-corrected chi connectivity index (χ4v) is 2.74. The molecule has 0 radical (unpaired) electrons. The van der Waals surface area contributed by atoms with E-state index in [-0.39, 0.29) is 24.3 Å². The van der Waals surface area contributed by atoms with Crippen LogP contribution < -0.4 is 5.32 Å². The fourth-order valence-electron chi connectivity index (χ4n) is 2.74. The Morgan fingerprint density at radius 2 is 1.66 bits per heavy atom. The van der Waals surface area contributed by atoms with Crippen LogP contribution in [0, 0.1) is 23.0 Å². The third kappa shape index (κ3) is 4.38. The predicted molar refractivity (Wildman–Crippen MR) is 99.7 cm³/mol. The summed E-state index contributed by atoms with van der Waals surface area (Å²) in [4.78, 5) is 38.0. The number of anilines is 1. The highest BCUT2D eigenvalue weighted by atomic mass is 19.1. The number of nitrogens with one attached hydrogen (secondary N) is 1. The normalized spacial score (nSPS) is 10.2. The highest BCUT2D eigenvalue weighted by Gasteiger charge is 2.28. The number of halogens is 2. The van der Waals surface area contributed by atoms with E-state index in [0.29, 0.717) is 6.07 Å². The summed E-state index contributed by atoms with van der Waals surface area (Å²) >= 11 is 0. The number of hydrogen-bond donors (Lipinski definition) is 2. The number of carbonyl (C=O) groups is 3. The quantitative estimate of drug-likeness (QED) is 0.772. The second-order valence-electron chi connectivity index (χ2n) is 5.89. The Morgan fingerprint density at radius 1 is 1.07 bits per heavy atom. The van der Waals surface area contributed by atoms with Gasteiger partial charge in [-0.3, -0.25) is 9.59 Å². The molecule has 0 atom stereocenters. The molecule has 2 amide bonds. The lowest BCUT2D eigenvalue weighted by atomic mass is 10.0. The number of carboxylic acid groups (broad SMARTS) is 1. The smallest absolute Gasteiger partial charge is 0.337 e. The number of nitrogens with zero attached hydrogens (tertiary/aromatic N) is 2. The summed E-state index contributed by atoms with van der Waals surface area (Å²) in [5.41, 5.74) is -2.17. The molecule has 0 bridgehead atoms. The highest BCUT2D eigenvalue weighted by molar-refractivity contribution is 6.13. The van der Waals surface area contributed by atoms with E-state index in [1.807, 2.05) is 0 Å². The van der Waals surface area contributed by atoms with Crippen molar-refractivity contribution >= 4 is 23.5 Å². The number of carbonyl (C=O) groups excluding carboxylic acids is 2. The number of nitriles is 1. The number of hydrogen-bond acceptors (Lipinski definition) is 4. The van der Waals surface area contributed by atoms with Crippen molar-refractivity contribution in [3.63, 3.8) is 0 Å². The van der Waals surface area contributed by atoms with Gasteiger partial charge in [-0.2, -0.15) is 5.26 Å². The number of rotatable bonds is 6. The molecule has 0 heterocycles. The minimum atomic E-state index is -1.43. The van der Waals surface area contributed by atoms with Crippen LogP contribution in [0.25, 0.3) is 0 Å². The molecule has 0 unspecified atom stereocenters. The van der Waals surface area contributed by atoms with Gasteiger partial charge >= 0.3 is 5.97 Å². The maximum absolute atomic E-state index is 14.4. The van der Waals surface area contributed by atoms with Crippen molar-refractivity contribution in [2.24, 2.45) is 0 Å². The zero-order valence-corrected chi connectivity index (χ0v) is 15.6. The molecule has 0 aromatic heterocycles. The van der Waals surface area contributed by atoms with Gasteiger partial charge in [-0.05, 0) is 44.2 Å². The average Bonchev–Trinajstić information content (AvgIpc) is 2.70. The number of benzene rings is 2. The lowest BCUT2D eigenvalue weighted by molar-refractivity contribution is 0.0696. The van der Waals surface area contributed by atoms with E-state index >= 15 is 0 Å². The highest BCUT2D eigenvalue weighted by Crippen LogP contribution is 2.23. The van der Waals surface area contributed by atoms with Gasteiger partial charge in [0.05, 0.1) is 34.0 Å². The van der Waals surface area contributed by atoms with E-state index in [0.717, 1.165) is 18.2 Å². The van der Waals surface area contributed by atoms with Crippen LogP contribution >= 0.6 is 0 Å². The first-order valence-corrected chi connectivity index (χ1v) is 8.61. The van der Waals surface area contributed by atoms with Gasteiger partial charge in [0.25, 0.3) is 11.8 Å². The third-order valence-corrected chi connectivity index (χ3v) is 4.22. The summed E-state index contributed by atoms with van der Waals surface area (Å²) < 4.78 is 28.8. The monoisotopic (exact) mass is 401 g/mol. The van der Waals surface area contributed by atoms with Gasteiger partial charge in [-0.25, -0.2) is 13.6 Å². The molecule has 0 aliphatic carbocycles. The number of carboxylic acids is 1. The first-order valence-electron chi connectivity index (χ1n) is 8.61. The molecule has 7 nitrogen and oxygen atoms in total. The first-order chi connectivity index (χ1) is 13.7. The van der Waals surface area contributed by atoms with Crippen LogP contribution in [-0.2, 0) is 0 Å². The molecule has 0 saturated carbocycles. The summed E-state index contributed by atoms with van der Waals surface area (Å²) in [5, 5.41) is 20.4. The molecule has 29 heavy (non-hydrogen) atoms. The van der Waals surface area contributed by atoms with Gasteiger partial charge in [-0.15, -0.1) is 0 Å². The standard InChI is InChI=1S/C20H17F2N3O4/c1-3-25(4-2)19(27)17-14(22)7-6-13(21)16(17)18(26)24-15-8-5-11(10-23)9-12(15)20(28)29/h5-9H,3-4H2,1-2H3,(H,24,26)(H,28,29). The van der Waals surface area contributed by atoms with Crippen molar-refractivity contribution in [1.29, 1.82) is 5.26 Å². The molecule has 0 fully saturated rings. The van der Waals surface area contributed by atoms with E-state index in [1.165, 1.54) is 11.0 Å². The third-order valence-electron chi connectivity index (χ3n) is 4.22. The van der Waals surface area contributed by atoms with Gasteiger partial charge in [0, 0.05) is 13.1 Å². The fraction of sp³-hybridized carbons (Fsp3) is 0.200. The van der Waals surface area contributed by atoms with Crippen molar-refractivity contribution < 1.29 is 28.3 Å². The molecule has 2 N–H and O–H groups in total. The zero-order chi connectivity index (χ0) is 21.7. The second-order valence-corrected chi connectivity index (χ2v) is 5.89. The Kier molecular flexibility index (Phi) is 6.62. The molecule has 9 heteroatoms. The summed E-state index contributed by atoms with van der Waals surface area (Å²) in [6, 6.07) is 6.66. The Bertz CT molecular complexity index is 1030. The SMILES string of the molecule is CCN(CC)C(=O)c1c(F)ccc(F)c1C(=O)Nc1ccc(C#N)cc1C(=O)O. The van der Waals surface area contributed by atoms with E-state index in [4.69, 9.17) is 5.26 Å². The molecular formula is C20H17F2N3O4. The summed E-state index contributed by atoms with van der Waals surface area (Å²) in [6.45, 7) is 3.72. The molecule has 150 valence electrons. The largest absolute Gasteiger partial charge is 0.478 e. The van der Waals surface area contributed by atoms with Crippen LogP contribution in [0.4, 0.5) is 14.5 Å². The van der Waals surface area contributed by atoms with Crippen LogP contribution in [0.3, 0.4) is 0 Å². The molecule has 0 aliphatic rings. The van der Waals surface area contributed by atoms with E-state index in [1.54, 1.807) is 19.9 Å². The summed E-state index contributed by atoms with van der Waals surface area (Å²) in [7, 11) is 0. The van der Waals surface area contributed by atoms with E-state index in [2.05, 4.69) is 5.32 Å². The Morgan fingerprint density at radius 3 is 2.17 bits per heavy atom. The topological polar surface area (TPSA) is 111 Å². The molecule has 0 aliphatic heterocycles. The maximum Gasteiger partial charge on any atom is 0.337 e. The van der Waals surface area contributed by atoms with Crippen molar-refractivity contribution in [3.8, 4) is 6.07 Å².